The summed E-state index contributed by atoms with van der Waals surface area (Å²) in [7, 11) is 2.07. The van der Waals surface area contributed by atoms with Gasteiger partial charge in [0.1, 0.15) is 0 Å². The van der Waals surface area contributed by atoms with Crippen LogP contribution in [0.15, 0.2) is 11.4 Å². The first-order valence-corrected chi connectivity index (χ1v) is 6.89. The predicted molar refractivity (Wildman–Crippen MR) is 67.7 cm³/mol. The maximum atomic E-state index is 3.35. The van der Waals surface area contributed by atoms with E-state index in [-0.39, 0.29) is 0 Å². The molecular weight excluding hydrogens is 202 g/mol. The zero-order chi connectivity index (χ0) is 10.7. The summed E-state index contributed by atoms with van der Waals surface area (Å²) in [4.78, 5) is 1.46. The van der Waals surface area contributed by atoms with E-state index in [0.29, 0.717) is 0 Å². The van der Waals surface area contributed by atoms with Gasteiger partial charge in [-0.3, -0.25) is 0 Å². The Kier molecular flexibility index (Phi) is 3.81. The largest absolute Gasteiger partial charge is 0.319 e. The van der Waals surface area contributed by atoms with Gasteiger partial charge in [-0.1, -0.05) is 12.8 Å². The molecule has 1 aliphatic carbocycles. The molecule has 1 nitrogen and oxygen atoms in total. The van der Waals surface area contributed by atoms with Crippen LogP contribution in [0.5, 0.6) is 0 Å². The first-order chi connectivity index (χ1) is 7.31. The minimum absolute atomic E-state index is 0.816. The maximum absolute atomic E-state index is 3.35. The normalized spacial score (nSPS) is 26.8. The fourth-order valence-electron chi connectivity index (χ4n) is 2.81. The molecule has 1 fully saturated rings. The third-order valence-electron chi connectivity index (χ3n) is 3.55. The summed E-state index contributed by atoms with van der Waals surface area (Å²) < 4.78 is 0. The molecule has 1 heterocycles. The maximum Gasteiger partial charge on any atom is 0.00171 e. The van der Waals surface area contributed by atoms with Gasteiger partial charge < -0.3 is 5.32 Å². The molecule has 84 valence electrons. The Labute approximate surface area is 96.9 Å². The van der Waals surface area contributed by atoms with E-state index in [1.54, 1.807) is 5.56 Å². The molecule has 0 spiro atoms. The molecule has 2 unspecified atom stereocenters. The van der Waals surface area contributed by atoms with Crippen molar-refractivity contribution in [1.29, 1.82) is 0 Å². The Morgan fingerprint density at radius 1 is 1.40 bits per heavy atom. The molecule has 0 bridgehead atoms. The summed E-state index contributed by atoms with van der Waals surface area (Å²) in [5.74, 6) is 1.67. The van der Waals surface area contributed by atoms with E-state index in [1.807, 2.05) is 11.3 Å². The van der Waals surface area contributed by atoms with Crippen LogP contribution >= 0.6 is 11.3 Å². The van der Waals surface area contributed by atoms with Crippen LogP contribution in [0.2, 0.25) is 0 Å². The van der Waals surface area contributed by atoms with E-state index in [1.165, 1.54) is 37.1 Å². The zero-order valence-corrected chi connectivity index (χ0v) is 10.6. The van der Waals surface area contributed by atoms with Gasteiger partial charge in [-0.25, -0.2) is 0 Å². The van der Waals surface area contributed by atoms with Gasteiger partial charge >= 0.3 is 0 Å². The minimum atomic E-state index is 0.816. The van der Waals surface area contributed by atoms with E-state index < -0.39 is 0 Å². The Bertz CT molecular complexity index is 303. The van der Waals surface area contributed by atoms with Gasteiger partial charge in [-0.2, -0.15) is 0 Å². The number of rotatable bonds is 3. The van der Waals surface area contributed by atoms with Gasteiger partial charge in [0.2, 0.25) is 0 Å². The zero-order valence-electron chi connectivity index (χ0n) is 9.75. The lowest BCUT2D eigenvalue weighted by Crippen LogP contribution is -2.27. The van der Waals surface area contributed by atoms with Gasteiger partial charge in [0.15, 0.2) is 0 Å². The fourth-order valence-corrected chi connectivity index (χ4v) is 3.58. The van der Waals surface area contributed by atoms with Crippen molar-refractivity contribution in [2.45, 2.75) is 38.5 Å². The van der Waals surface area contributed by atoms with E-state index >= 15 is 0 Å². The molecule has 2 rings (SSSR count). The highest BCUT2D eigenvalue weighted by Gasteiger charge is 2.26. The van der Waals surface area contributed by atoms with E-state index in [9.17, 15) is 0 Å². The van der Waals surface area contributed by atoms with Crippen molar-refractivity contribution < 1.29 is 0 Å². The van der Waals surface area contributed by atoms with Crippen LogP contribution in [0.1, 0.15) is 42.0 Å². The average molecular weight is 223 g/mol. The van der Waals surface area contributed by atoms with Gasteiger partial charge in [0.25, 0.3) is 0 Å². The van der Waals surface area contributed by atoms with Crippen LogP contribution < -0.4 is 5.32 Å². The summed E-state index contributed by atoms with van der Waals surface area (Å²) in [6, 6.07) is 2.39. The number of aryl methyl sites for hydroxylation is 1. The van der Waals surface area contributed by atoms with E-state index in [0.717, 1.165) is 11.8 Å². The Hall–Kier alpha value is -0.340. The quantitative estimate of drug-likeness (QED) is 0.826. The predicted octanol–water partition coefficient (Wildman–Crippen LogP) is 3.55. The highest BCUT2D eigenvalue weighted by molar-refractivity contribution is 7.10. The lowest BCUT2D eigenvalue weighted by atomic mass is 9.76. The van der Waals surface area contributed by atoms with E-state index in [4.69, 9.17) is 0 Å². The monoisotopic (exact) mass is 223 g/mol. The number of hydrogen-bond donors (Lipinski definition) is 1. The molecule has 1 aromatic heterocycles. The minimum Gasteiger partial charge on any atom is -0.319 e. The van der Waals surface area contributed by atoms with Crippen LogP contribution in [-0.2, 0) is 0 Å². The summed E-state index contributed by atoms with van der Waals surface area (Å²) in [6.07, 6.45) is 5.63. The lowest BCUT2D eigenvalue weighted by molar-refractivity contribution is 0.301. The standard InChI is InChI=1S/C13H21NS/c1-10-7-12(9-15-10)13-6-4-3-5-11(13)8-14-2/h7,9,11,13-14H,3-6,8H2,1-2H3. The Morgan fingerprint density at radius 2 is 2.20 bits per heavy atom. The second-order valence-electron chi connectivity index (χ2n) is 4.70. The van der Waals surface area contributed by atoms with Gasteiger partial charge in [0.05, 0.1) is 0 Å². The molecule has 1 saturated carbocycles. The molecule has 15 heavy (non-hydrogen) atoms. The smallest absolute Gasteiger partial charge is 0.00171 e. The molecule has 1 N–H and O–H groups in total. The molecule has 0 saturated heterocycles. The summed E-state index contributed by atoms with van der Waals surface area (Å²) >= 11 is 1.90. The van der Waals surface area contributed by atoms with Crippen molar-refractivity contribution >= 4 is 11.3 Å². The van der Waals surface area contributed by atoms with Crippen LogP contribution in [-0.4, -0.2) is 13.6 Å². The number of nitrogens with one attached hydrogen (secondary N) is 1. The Balaban J connectivity index is 2.10. The molecular formula is C13H21NS. The lowest BCUT2D eigenvalue weighted by Gasteiger charge is -2.31. The van der Waals surface area contributed by atoms with Gasteiger partial charge in [-0.05, 0) is 62.2 Å². The summed E-state index contributed by atoms with van der Waals surface area (Å²) in [5.41, 5.74) is 1.59. The van der Waals surface area contributed by atoms with Gasteiger partial charge in [-0.15, -0.1) is 11.3 Å². The second-order valence-corrected chi connectivity index (χ2v) is 5.81. The SMILES string of the molecule is CNCC1CCCCC1c1csc(C)c1. The average Bonchev–Trinajstić information content (AvgIpc) is 2.66. The van der Waals surface area contributed by atoms with Gasteiger partial charge in [0, 0.05) is 4.88 Å². The van der Waals surface area contributed by atoms with Crippen LogP contribution in [0, 0.1) is 12.8 Å². The highest BCUT2D eigenvalue weighted by atomic mass is 32.1. The molecule has 0 aromatic carbocycles. The van der Waals surface area contributed by atoms with Crippen molar-refractivity contribution in [3.8, 4) is 0 Å². The van der Waals surface area contributed by atoms with Crippen molar-refractivity contribution in [3.63, 3.8) is 0 Å². The van der Waals surface area contributed by atoms with Crippen LogP contribution in [0.4, 0.5) is 0 Å². The first kappa shape index (κ1) is 11.2. The highest BCUT2D eigenvalue weighted by Crippen LogP contribution is 2.38. The summed E-state index contributed by atoms with van der Waals surface area (Å²) in [5, 5.41) is 5.72. The molecule has 1 aliphatic rings. The Morgan fingerprint density at radius 3 is 2.87 bits per heavy atom. The molecule has 2 atom stereocenters. The molecule has 1 aromatic rings. The number of hydrogen-bond acceptors (Lipinski definition) is 2. The van der Waals surface area contributed by atoms with Crippen molar-refractivity contribution in [2.75, 3.05) is 13.6 Å². The topological polar surface area (TPSA) is 12.0 Å². The third kappa shape index (κ3) is 2.61. The van der Waals surface area contributed by atoms with Crippen molar-refractivity contribution in [1.82, 2.24) is 5.32 Å². The van der Waals surface area contributed by atoms with Crippen LogP contribution in [0.25, 0.3) is 0 Å². The molecule has 0 radical (unpaired) electrons. The molecule has 2 heteroatoms. The molecule has 0 aliphatic heterocycles. The first-order valence-electron chi connectivity index (χ1n) is 6.01. The van der Waals surface area contributed by atoms with Crippen molar-refractivity contribution in [2.24, 2.45) is 5.92 Å². The third-order valence-corrected chi connectivity index (χ3v) is 4.43. The fraction of sp³-hybridized carbons (Fsp3) is 0.692. The van der Waals surface area contributed by atoms with E-state index in [2.05, 4.69) is 30.7 Å². The summed E-state index contributed by atoms with van der Waals surface area (Å²) in [6.45, 7) is 3.39. The van der Waals surface area contributed by atoms with Crippen molar-refractivity contribution in [3.05, 3.63) is 21.9 Å². The van der Waals surface area contributed by atoms with Crippen LogP contribution in [0.3, 0.4) is 0 Å². The number of thiophene rings is 1. The second kappa shape index (κ2) is 5.13. The molecule has 0 amide bonds.